The largest absolute Gasteiger partial charge is 0.480 e. The highest BCUT2D eigenvalue weighted by atomic mass is 32.2. The van der Waals surface area contributed by atoms with Gasteiger partial charge in [0.05, 0.1) is 17.7 Å². The van der Waals surface area contributed by atoms with Crippen LogP contribution in [0.3, 0.4) is 0 Å². The Hall–Kier alpha value is -2.57. The van der Waals surface area contributed by atoms with Gasteiger partial charge in [0.25, 0.3) is 5.91 Å². The molecule has 0 radical (unpaired) electrons. The minimum absolute atomic E-state index is 0.00570. The lowest BCUT2D eigenvalue weighted by Crippen LogP contribution is -2.57. The van der Waals surface area contributed by atoms with E-state index < -0.39 is 40.7 Å². The zero-order valence-corrected chi connectivity index (χ0v) is 19.2. The van der Waals surface area contributed by atoms with Crippen LogP contribution in [-0.2, 0) is 20.8 Å². The van der Waals surface area contributed by atoms with Crippen LogP contribution >= 0.6 is 23.5 Å². The maximum atomic E-state index is 13.1. The monoisotopic (exact) mass is 479 g/mol. The molecular formula is C20H25N5O5S2. The molecule has 3 rings (SSSR count). The van der Waals surface area contributed by atoms with Crippen molar-refractivity contribution in [2.24, 2.45) is 0 Å². The summed E-state index contributed by atoms with van der Waals surface area (Å²) in [4.78, 5) is 42.6. The third-order valence-electron chi connectivity index (χ3n) is 5.07. The van der Waals surface area contributed by atoms with Crippen molar-refractivity contribution in [1.82, 2.24) is 25.4 Å². The molecule has 1 aliphatic heterocycles. The van der Waals surface area contributed by atoms with Gasteiger partial charge >= 0.3 is 5.97 Å². The van der Waals surface area contributed by atoms with Crippen LogP contribution in [0.1, 0.15) is 19.4 Å². The fourth-order valence-electron chi connectivity index (χ4n) is 3.48. The number of carbonyl (C=O) groups is 3. The van der Waals surface area contributed by atoms with E-state index in [0.29, 0.717) is 5.16 Å². The lowest BCUT2D eigenvalue weighted by molar-refractivity contribution is -0.154. The molecule has 1 aromatic heterocycles. The molecule has 0 saturated carbocycles. The molecule has 172 valence electrons. The summed E-state index contributed by atoms with van der Waals surface area (Å²) in [6, 6.07) is 7.13. The van der Waals surface area contributed by atoms with Crippen LogP contribution in [0.5, 0.6) is 0 Å². The van der Waals surface area contributed by atoms with Gasteiger partial charge in [-0.25, -0.2) is 9.78 Å². The summed E-state index contributed by atoms with van der Waals surface area (Å²) >= 11 is 2.47. The topological polar surface area (TPSA) is 149 Å². The van der Waals surface area contributed by atoms with Gasteiger partial charge in [0.15, 0.2) is 11.3 Å². The molecule has 12 heteroatoms. The molecule has 0 aliphatic carbocycles. The summed E-state index contributed by atoms with van der Waals surface area (Å²) < 4.78 is -0.701. The van der Waals surface area contributed by atoms with Crippen molar-refractivity contribution in [3.63, 3.8) is 0 Å². The molecule has 1 unspecified atom stereocenters. The van der Waals surface area contributed by atoms with Gasteiger partial charge < -0.3 is 20.4 Å². The summed E-state index contributed by atoms with van der Waals surface area (Å²) in [5, 5.41) is 30.1. The minimum Gasteiger partial charge on any atom is -0.480 e. The summed E-state index contributed by atoms with van der Waals surface area (Å²) in [5.74, 6) is -2.10. The Morgan fingerprint density at radius 3 is 2.69 bits per heavy atom. The Kier molecular flexibility index (Phi) is 7.80. The number of aromatic amines is 1. The second-order valence-corrected chi connectivity index (χ2v) is 10.4. The number of aliphatic carboxylic acids is 1. The van der Waals surface area contributed by atoms with Crippen molar-refractivity contribution < 1.29 is 24.6 Å². The van der Waals surface area contributed by atoms with Gasteiger partial charge in [-0.15, -0.1) is 11.8 Å². The van der Waals surface area contributed by atoms with E-state index in [9.17, 15) is 24.6 Å². The molecule has 1 aliphatic rings. The van der Waals surface area contributed by atoms with Crippen LogP contribution in [0.4, 0.5) is 0 Å². The number of carboxylic acid groups (broad SMARTS) is 1. The second kappa shape index (κ2) is 10.4. The number of aromatic nitrogens is 3. The van der Waals surface area contributed by atoms with Crippen LogP contribution in [0.15, 0.2) is 41.8 Å². The van der Waals surface area contributed by atoms with Crippen molar-refractivity contribution in [1.29, 1.82) is 0 Å². The number of amides is 2. The first kappa shape index (κ1) is 24.1. The number of carboxylic acids is 1. The number of H-pyrrole nitrogens is 1. The summed E-state index contributed by atoms with van der Waals surface area (Å²) in [6.45, 7) is 3.50. The molecule has 2 heterocycles. The first-order chi connectivity index (χ1) is 15.2. The molecule has 10 nitrogen and oxygen atoms in total. The molecule has 2 amide bonds. The predicted octanol–water partition coefficient (Wildman–Crippen LogP) is 0.750. The second-order valence-electron chi connectivity index (χ2n) is 7.81. The lowest BCUT2D eigenvalue weighted by atomic mass is 9.97. The van der Waals surface area contributed by atoms with Crippen molar-refractivity contribution in [2.45, 2.75) is 48.4 Å². The normalized spacial score (nSPS) is 19.3. The Morgan fingerprint density at radius 2 is 2.06 bits per heavy atom. The lowest BCUT2D eigenvalue weighted by Gasteiger charge is -2.31. The number of benzene rings is 1. The number of thioether (sulfide) groups is 2. The Labute approximate surface area is 193 Å². The summed E-state index contributed by atoms with van der Waals surface area (Å²) in [5.41, 5.74) is 0.818. The number of aliphatic hydroxyl groups excluding tert-OH is 1. The minimum atomic E-state index is -1.61. The molecule has 1 saturated heterocycles. The number of rotatable bonds is 9. The predicted molar refractivity (Wildman–Crippen MR) is 120 cm³/mol. The SMILES string of the molecule is CC1(C)SCN(C(=O)[C@@H](O)[C@H](Cc2ccccc2)NC(=O)CSc2ncn[nH]2)C1C(=O)O. The number of nitrogens with zero attached hydrogens (tertiary/aromatic N) is 3. The smallest absolute Gasteiger partial charge is 0.327 e. The van der Waals surface area contributed by atoms with E-state index in [1.165, 1.54) is 23.0 Å². The fraction of sp³-hybridized carbons (Fsp3) is 0.450. The quantitative estimate of drug-likeness (QED) is 0.382. The van der Waals surface area contributed by atoms with Crippen LogP contribution in [0.2, 0.25) is 0 Å². The highest BCUT2D eigenvalue weighted by Gasteiger charge is 2.50. The first-order valence-electron chi connectivity index (χ1n) is 9.86. The van der Waals surface area contributed by atoms with Gasteiger partial charge in [-0.05, 0) is 25.8 Å². The third kappa shape index (κ3) is 5.81. The van der Waals surface area contributed by atoms with E-state index in [-0.39, 0.29) is 18.1 Å². The van der Waals surface area contributed by atoms with Gasteiger partial charge in [-0.2, -0.15) is 5.10 Å². The summed E-state index contributed by atoms with van der Waals surface area (Å²) in [7, 11) is 0. The molecule has 4 N–H and O–H groups in total. The van der Waals surface area contributed by atoms with E-state index in [1.807, 2.05) is 30.3 Å². The molecular weight excluding hydrogens is 454 g/mol. The van der Waals surface area contributed by atoms with Gasteiger partial charge in [0.2, 0.25) is 5.91 Å². The standard InChI is InChI=1S/C20H25N5O5S2/c1-20(2)16(18(29)30)25(11-32-20)17(28)15(27)13(8-12-6-4-3-5-7-12)23-14(26)9-31-19-21-10-22-24-19/h3-7,10,13,15-16,27H,8-9,11H2,1-2H3,(H,23,26)(H,29,30)(H,21,22,24)/t13-,15-,16?/m0/s1. The van der Waals surface area contributed by atoms with Crippen LogP contribution in [0.25, 0.3) is 0 Å². The van der Waals surface area contributed by atoms with E-state index >= 15 is 0 Å². The van der Waals surface area contributed by atoms with E-state index in [1.54, 1.807) is 13.8 Å². The third-order valence-corrected chi connectivity index (χ3v) is 7.33. The average molecular weight is 480 g/mol. The van der Waals surface area contributed by atoms with Crippen molar-refractivity contribution in [3.8, 4) is 0 Å². The van der Waals surface area contributed by atoms with E-state index in [2.05, 4.69) is 20.5 Å². The zero-order valence-electron chi connectivity index (χ0n) is 17.6. The highest BCUT2D eigenvalue weighted by Crippen LogP contribution is 2.39. The maximum absolute atomic E-state index is 13.1. The molecule has 3 atom stereocenters. The van der Waals surface area contributed by atoms with Gasteiger partial charge in [0.1, 0.15) is 12.4 Å². The Morgan fingerprint density at radius 1 is 1.34 bits per heavy atom. The van der Waals surface area contributed by atoms with Gasteiger partial charge in [-0.3, -0.25) is 14.7 Å². The van der Waals surface area contributed by atoms with Crippen molar-refractivity contribution >= 4 is 41.3 Å². The van der Waals surface area contributed by atoms with Crippen LogP contribution in [0, 0.1) is 0 Å². The van der Waals surface area contributed by atoms with Crippen LogP contribution in [-0.4, -0.2) is 82.6 Å². The molecule has 1 aromatic carbocycles. The number of hydrogen-bond donors (Lipinski definition) is 4. The van der Waals surface area contributed by atoms with E-state index in [4.69, 9.17) is 0 Å². The number of hydrogen-bond acceptors (Lipinski definition) is 8. The average Bonchev–Trinajstić information content (AvgIpc) is 3.38. The van der Waals surface area contributed by atoms with Gasteiger partial charge in [0, 0.05) is 4.75 Å². The molecule has 32 heavy (non-hydrogen) atoms. The number of carbonyl (C=O) groups excluding carboxylic acids is 2. The molecule has 2 aromatic rings. The Balaban J connectivity index is 1.74. The van der Waals surface area contributed by atoms with E-state index in [0.717, 1.165) is 17.3 Å². The number of aliphatic hydroxyl groups is 1. The molecule has 0 spiro atoms. The highest BCUT2D eigenvalue weighted by molar-refractivity contribution is 8.01. The molecule has 1 fully saturated rings. The maximum Gasteiger partial charge on any atom is 0.327 e. The van der Waals surface area contributed by atoms with Gasteiger partial charge in [-0.1, -0.05) is 42.1 Å². The van der Waals surface area contributed by atoms with Crippen LogP contribution < -0.4 is 5.32 Å². The number of nitrogens with one attached hydrogen (secondary N) is 2. The van der Waals surface area contributed by atoms with Crippen molar-refractivity contribution in [3.05, 3.63) is 42.2 Å². The fourth-order valence-corrected chi connectivity index (χ4v) is 5.21. The molecule has 0 bridgehead atoms. The summed E-state index contributed by atoms with van der Waals surface area (Å²) in [6.07, 6.45) is -0.0741. The first-order valence-corrected chi connectivity index (χ1v) is 11.8. The Bertz CT molecular complexity index is 941. The zero-order chi connectivity index (χ0) is 23.3. The van der Waals surface area contributed by atoms with Crippen molar-refractivity contribution in [2.75, 3.05) is 11.6 Å².